The maximum Gasteiger partial charge on any atom is 0.253 e. The van der Waals surface area contributed by atoms with Crippen molar-refractivity contribution in [2.24, 2.45) is 5.92 Å². The fourth-order valence-electron chi connectivity index (χ4n) is 1.83. The number of carbonyl (C=O) groups excluding carboxylic acids is 6. The highest BCUT2D eigenvalue weighted by Crippen LogP contribution is 2.03. The van der Waals surface area contributed by atoms with Crippen molar-refractivity contribution in [3.05, 3.63) is 12.2 Å². The van der Waals surface area contributed by atoms with Gasteiger partial charge in [0.15, 0.2) is 5.78 Å². The van der Waals surface area contributed by atoms with Crippen LogP contribution in [0.15, 0.2) is 12.2 Å². The van der Waals surface area contributed by atoms with E-state index in [0.717, 1.165) is 17.1 Å². The highest BCUT2D eigenvalue weighted by molar-refractivity contribution is 6.13. The van der Waals surface area contributed by atoms with Crippen LogP contribution in [0.3, 0.4) is 0 Å². The topological polar surface area (TPSA) is 142 Å². The lowest BCUT2D eigenvalue weighted by molar-refractivity contribution is -0.137. The average Bonchev–Trinajstić information content (AvgIpc) is 2.91. The van der Waals surface area contributed by atoms with E-state index in [2.05, 4.69) is 16.0 Å². The van der Waals surface area contributed by atoms with Gasteiger partial charge in [-0.25, -0.2) is 0 Å². The summed E-state index contributed by atoms with van der Waals surface area (Å²) in [4.78, 5) is 69.6. The van der Waals surface area contributed by atoms with Crippen molar-refractivity contribution >= 4 is 35.3 Å². The van der Waals surface area contributed by atoms with Gasteiger partial charge in [0.2, 0.25) is 17.7 Å². The van der Waals surface area contributed by atoms with Crippen LogP contribution in [-0.2, 0) is 28.8 Å². The molecule has 0 atom stereocenters. The number of imide groups is 1. The summed E-state index contributed by atoms with van der Waals surface area (Å²) in [6.07, 6.45) is 2.10. The van der Waals surface area contributed by atoms with Crippen LogP contribution < -0.4 is 16.0 Å². The summed E-state index contributed by atoms with van der Waals surface area (Å²) in [5.74, 6) is -2.90. The van der Waals surface area contributed by atoms with Crippen molar-refractivity contribution in [1.29, 1.82) is 0 Å². The van der Waals surface area contributed by atoms with Gasteiger partial charge < -0.3 is 16.0 Å². The molecule has 0 aliphatic carbocycles. The molecule has 0 aromatic carbocycles. The molecule has 0 aromatic heterocycles. The molecule has 0 bridgehead atoms. The van der Waals surface area contributed by atoms with Gasteiger partial charge in [0.1, 0.15) is 0 Å². The molecule has 0 spiro atoms. The number of amides is 5. The fourth-order valence-corrected chi connectivity index (χ4v) is 1.83. The highest BCUT2D eigenvalue weighted by Gasteiger charge is 2.23. The van der Waals surface area contributed by atoms with Gasteiger partial charge in [0, 0.05) is 31.0 Å². The zero-order chi connectivity index (χ0) is 19.7. The Bertz CT molecular complexity index is 623. The van der Waals surface area contributed by atoms with E-state index in [1.54, 1.807) is 13.8 Å². The maximum absolute atomic E-state index is 11.6. The van der Waals surface area contributed by atoms with E-state index >= 15 is 0 Å². The quantitative estimate of drug-likeness (QED) is 0.377. The number of Topliss-reactive ketones (excluding diaryl/α,β-unsaturated/α-hetero) is 1. The smallest absolute Gasteiger partial charge is 0.253 e. The SMILES string of the molecule is CC(C)C(=O)CNC(=O)CNC(=O)CNC(=O)CCN1C(=O)C=CC1=O. The molecule has 0 saturated heterocycles. The predicted molar refractivity (Wildman–Crippen MR) is 89.4 cm³/mol. The van der Waals surface area contributed by atoms with Crippen LogP contribution in [0, 0.1) is 5.92 Å². The summed E-state index contributed by atoms with van der Waals surface area (Å²) in [7, 11) is 0. The summed E-state index contributed by atoms with van der Waals surface area (Å²) in [5, 5.41) is 6.99. The van der Waals surface area contributed by atoms with Gasteiger partial charge in [-0.1, -0.05) is 13.8 Å². The van der Waals surface area contributed by atoms with Crippen LogP contribution in [0.5, 0.6) is 0 Å². The lowest BCUT2D eigenvalue weighted by Crippen LogP contribution is -2.43. The molecule has 0 unspecified atom stereocenters. The molecule has 0 saturated carbocycles. The number of carbonyl (C=O) groups is 6. The average molecular weight is 366 g/mol. The van der Waals surface area contributed by atoms with Crippen molar-refractivity contribution in [2.75, 3.05) is 26.2 Å². The van der Waals surface area contributed by atoms with Crippen molar-refractivity contribution < 1.29 is 28.8 Å². The minimum absolute atomic E-state index is 0.0790. The van der Waals surface area contributed by atoms with Crippen LogP contribution >= 0.6 is 0 Å². The monoisotopic (exact) mass is 366 g/mol. The van der Waals surface area contributed by atoms with E-state index in [1.165, 1.54) is 0 Å². The molecule has 3 N–H and O–H groups in total. The van der Waals surface area contributed by atoms with Crippen molar-refractivity contribution in [3.63, 3.8) is 0 Å². The Hall–Kier alpha value is -3.04. The Morgan fingerprint density at radius 3 is 1.81 bits per heavy atom. The zero-order valence-electron chi connectivity index (χ0n) is 14.7. The molecule has 142 valence electrons. The Kier molecular flexibility index (Phi) is 8.13. The molecule has 0 aromatic rings. The predicted octanol–water partition coefficient (Wildman–Crippen LogP) is -2.12. The standard InChI is InChI=1S/C16H22N4O6/c1-10(2)11(21)7-17-13(23)9-19-14(24)8-18-12(22)5-6-20-15(25)3-4-16(20)26/h3-4,10H,5-9H2,1-2H3,(H,17,23)(H,18,22)(H,19,24). The fraction of sp³-hybridized carbons (Fsp3) is 0.500. The number of nitrogens with one attached hydrogen (secondary N) is 3. The molecule has 1 aliphatic rings. The van der Waals surface area contributed by atoms with Gasteiger partial charge in [-0.2, -0.15) is 0 Å². The first-order chi connectivity index (χ1) is 12.2. The second kappa shape index (κ2) is 10.1. The summed E-state index contributed by atoms with van der Waals surface area (Å²) >= 11 is 0. The molecular formula is C16H22N4O6. The first-order valence-electron chi connectivity index (χ1n) is 8.07. The number of rotatable bonds is 10. The molecule has 0 radical (unpaired) electrons. The Balaban J connectivity index is 2.16. The third-order valence-electron chi connectivity index (χ3n) is 3.46. The van der Waals surface area contributed by atoms with E-state index < -0.39 is 29.5 Å². The summed E-state index contributed by atoms with van der Waals surface area (Å²) in [6, 6.07) is 0. The highest BCUT2D eigenvalue weighted by atomic mass is 16.2. The van der Waals surface area contributed by atoms with Crippen LogP contribution in [0.1, 0.15) is 20.3 Å². The van der Waals surface area contributed by atoms with Crippen LogP contribution in [0.2, 0.25) is 0 Å². The van der Waals surface area contributed by atoms with E-state index in [-0.39, 0.29) is 44.3 Å². The van der Waals surface area contributed by atoms with Crippen molar-refractivity contribution in [3.8, 4) is 0 Å². The molecule has 0 fully saturated rings. The minimum Gasteiger partial charge on any atom is -0.347 e. The van der Waals surface area contributed by atoms with Gasteiger partial charge >= 0.3 is 0 Å². The molecule has 5 amide bonds. The Morgan fingerprint density at radius 1 is 0.846 bits per heavy atom. The van der Waals surface area contributed by atoms with Crippen molar-refractivity contribution in [1.82, 2.24) is 20.9 Å². The lowest BCUT2D eigenvalue weighted by atomic mass is 10.1. The zero-order valence-corrected chi connectivity index (χ0v) is 14.7. The van der Waals surface area contributed by atoms with E-state index in [4.69, 9.17) is 0 Å². The summed E-state index contributed by atoms with van der Waals surface area (Å²) in [6.45, 7) is 2.58. The molecule has 10 nitrogen and oxygen atoms in total. The van der Waals surface area contributed by atoms with Gasteiger partial charge in [0.05, 0.1) is 19.6 Å². The van der Waals surface area contributed by atoms with Crippen LogP contribution in [0.4, 0.5) is 0 Å². The Labute approximate surface area is 150 Å². The normalized spacial score (nSPS) is 13.1. The first-order valence-corrected chi connectivity index (χ1v) is 8.07. The number of nitrogens with zero attached hydrogens (tertiary/aromatic N) is 1. The second-order valence-electron chi connectivity index (χ2n) is 5.86. The second-order valence-corrected chi connectivity index (χ2v) is 5.86. The summed E-state index contributed by atoms with van der Waals surface area (Å²) < 4.78 is 0. The molecule has 1 rings (SSSR count). The summed E-state index contributed by atoms with van der Waals surface area (Å²) in [5.41, 5.74) is 0. The number of hydrogen-bond donors (Lipinski definition) is 3. The largest absolute Gasteiger partial charge is 0.347 e. The van der Waals surface area contributed by atoms with Crippen molar-refractivity contribution in [2.45, 2.75) is 20.3 Å². The molecular weight excluding hydrogens is 344 g/mol. The molecule has 10 heteroatoms. The third-order valence-corrected chi connectivity index (χ3v) is 3.46. The minimum atomic E-state index is -0.585. The maximum atomic E-state index is 11.6. The van der Waals surface area contributed by atoms with Gasteiger partial charge in [-0.05, 0) is 0 Å². The van der Waals surface area contributed by atoms with E-state index in [9.17, 15) is 28.8 Å². The molecule has 26 heavy (non-hydrogen) atoms. The number of hydrogen-bond acceptors (Lipinski definition) is 6. The van der Waals surface area contributed by atoms with Crippen LogP contribution in [0.25, 0.3) is 0 Å². The first kappa shape index (κ1) is 21.0. The number of ketones is 1. The van der Waals surface area contributed by atoms with E-state index in [1.807, 2.05) is 0 Å². The third kappa shape index (κ3) is 7.24. The van der Waals surface area contributed by atoms with Gasteiger partial charge in [-0.3, -0.25) is 33.7 Å². The van der Waals surface area contributed by atoms with Gasteiger partial charge in [0.25, 0.3) is 11.8 Å². The molecule has 1 heterocycles. The molecule has 1 aliphatic heterocycles. The van der Waals surface area contributed by atoms with Crippen LogP contribution in [-0.4, -0.2) is 66.4 Å². The van der Waals surface area contributed by atoms with Gasteiger partial charge in [-0.15, -0.1) is 0 Å². The Morgan fingerprint density at radius 2 is 1.31 bits per heavy atom. The lowest BCUT2D eigenvalue weighted by Gasteiger charge is -2.13. The van der Waals surface area contributed by atoms with E-state index in [0.29, 0.717) is 0 Å².